The van der Waals surface area contributed by atoms with Crippen LogP contribution in [0.2, 0.25) is 0 Å². The van der Waals surface area contributed by atoms with E-state index >= 15 is 0 Å². The van der Waals surface area contributed by atoms with Crippen LogP contribution in [-0.2, 0) is 67.4 Å². The summed E-state index contributed by atoms with van der Waals surface area (Å²) < 4.78 is 132. The number of aliphatic hydroxyl groups excluding tert-OH is 8. The molecule has 0 amide bonds. The average molecular weight is 745 g/mol. The molecule has 0 spiro atoms. The molecule has 3 fully saturated rings. The Balaban J connectivity index is 1.85. The molecular formula is C18H32O25S3. The maximum absolute atomic E-state index is 11.2. The van der Waals surface area contributed by atoms with E-state index < -0.39 is 143 Å². The molecule has 0 aromatic heterocycles. The molecule has 0 aromatic carbocycles. The Bertz CT molecular complexity index is 1330. The molecule has 0 aliphatic carbocycles. The lowest BCUT2D eigenvalue weighted by molar-refractivity contribution is -0.376. The predicted octanol–water partition coefficient (Wildman–Crippen LogP) is -8.09. The van der Waals surface area contributed by atoms with Crippen molar-refractivity contribution in [3.63, 3.8) is 0 Å². The topological polar surface area (TPSA) is 399 Å². The molecule has 0 saturated carbocycles. The van der Waals surface area contributed by atoms with Gasteiger partial charge in [0, 0.05) is 0 Å². The van der Waals surface area contributed by atoms with E-state index in [-0.39, 0.29) is 0 Å². The van der Waals surface area contributed by atoms with Gasteiger partial charge < -0.3 is 64.5 Å². The molecule has 46 heavy (non-hydrogen) atoms. The third-order valence-corrected chi connectivity index (χ3v) is 8.00. The van der Waals surface area contributed by atoms with Gasteiger partial charge in [-0.3, -0.25) is 13.7 Å². The molecule has 11 N–H and O–H groups in total. The second-order valence-corrected chi connectivity index (χ2v) is 13.2. The number of ether oxygens (including phenoxy) is 5. The minimum atomic E-state index is -5.25. The maximum atomic E-state index is 11.2. The highest BCUT2D eigenvalue weighted by Gasteiger charge is 2.54. The second kappa shape index (κ2) is 15.3. The van der Waals surface area contributed by atoms with Gasteiger partial charge in [0.15, 0.2) is 18.9 Å². The van der Waals surface area contributed by atoms with E-state index in [0.29, 0.717) is 0 Å². The van der Waals surface area contributed by atoms with Crippen molar-refractivity contribution in [3.8, 4) is 0 Å². The van der Waals surface area contributed by atoms with Crippen LogP contribution in [0.15, 0.2) is 0 Å². The lowest BCUT2D eigenvalue weighted by atomic mass is 9.96. The number of hydrogen-bond donors (Lipinski definition) is 11. The largest absolute Gasteiger partial charge is 0.397 e. The van der Waals surface area contributed by atoms with E-state index in [1.165, 1.54) is 0 Å². The third-order valence-electron chi connectivity index (χ3n) is 6.69. The van der Waals surface area contributed by atoms with Gasteiger partial charge in [0.1, 0.15) is 73.2 Å². The standard InChI is InChI=1S/C18H32O25S3/c19-7-4(1-36-44(27,28)29)40-17(12(24)8(7)20)43-15-6(3-38-46(33,34)35)41-18(13(25)10(15)22)42-14-5(2-37-45(30,31)32)39-16(26)11(23)9(14)21/h4-26H,1-3H2,(H,27,28,29)(H,30,31,32)(H,33,34,35)/t4-,5-,6-,7-,8+,9-,10-,11-,12-,13-,14-,15-,16+,17-,18-/m1/s1. The summed E-state index contributed by atoms with van der Waals surface area (Å²) in [7, 11) is -15.5. The van der Waals surface area contributed by atoms with Crippen molar-refractivity contribution in [1.29, 1.82) is 0 Å². The molecule has 0 aromatic rings. The van der Waals surface area contributed by atoms with Crippen molar-refractivity contribution >= 4 is 31.2 Å². The highest BCUT2D eigenvalue weighted by Crippen LogP contribution is 2.33. The summed E-state index contributed by atoms with van der Waals surface area (Å²) in [6.45, 7) is -3.61. The predicted molar refractivity (Wildman–Crippen MR) is 132 cm³/mol. The zero-order valence-corrected chi connectivity index (χ0v) is 25.1. The Morgan fingerprint density at radius 3 is 1.22 bits per heavy atom. The fourth-order valence-corrected chi connectivity index (χ4v) is 5.40. The molecule has 0 bridgehead atoms. The Labute approximate surface area is 259 Å². The van der Waals surface area contributed by atoms with Gasteiger partial charge in [-0.15, -0.1) is 0 Å². The van der Waals surface area contributed by atoms with Crippen molar-refractivity contribution < 1.29 is 116 Å². The molecule has 25 nitrogen and oxygen atoms in total. The molecule has 272 valence electrons. The van der Waals surface area contributed by atoms with Gasteiger partial charge in [-0.25, -0.2) is 12.5 Å². The normalized spacial score (nSPS) is 43.0. The zero-order chi connectivity index (χ0) is 34.9. The van der Waals surface area contributed by atoms with Gasteiger partial charge in [0.05, 0.1) is 19.8 Å². The SMILES string of the molecule is O=S(=O)(O)OC[C@H]1O[C@H](O[C@H]2[C@H](O)[C@@H](O)[C@@H](O[C@H]3[C@H](O)[C@@H](O)[C@@H](O)O[C@@H]3COS(=O)(=O)O)O[C@@H]2COS(=O)(=O)O)[C@H](O)[C@@H](O)[C@@H]1O. The molecule has 0 radical (unpaired) electrons. The smallest absolute Gasteiger partial charge is 0.387 e. The Hall–Kier alpha value is -0.910. The van der Waals surface area contributed by atoms with Crippen molar-refractivity contribution in [3.05, 3.63) is 0 Å². The van der Waals surface area contributed by atoms with Crippen LogP contribution in [0, 0.1) is 0 Å². The maximum Gasteiger partial charge on any atom is 0.397 e. The summed E-state index contributed by atoms with van der Waals surface area (Å²) in [5.74, 6) is 0. The van der Waals surface area contributed by atoms with Crippen molar-refractivity contribution in [2.75, 3.05) is 19.8 Å². The van der Waals surface area contributed by atoms with Crippen molar-refractivity contribution in [2.45, 2.75) is 92.1 Å². The lowest BCUT2D eigenvalue weighted by Crippen LogP contribution is -2.66. The molecule has 3 rings (SSSR count). The first kappa shape index (κ1) is 39.5. The summed E-state index contributed by atoms with van der Waals surface area (Å²) in [5.41, 5.74) is 0. The monoisotopic (exact) mass is 744 g/mol. The van der Waals surface area contributed by atoms with E-state index in [0.717, 1.165) is 0 Å². The summed E-state index contributed by atoms with van der Waals surface area (Å²) in [6.07, 6.45) is -31.7. The first-order valence-electron chi connectivity index (χ1n) is 12.6. The van der Waals surface area contributed by atoms with Gasteiger partial charge in [-0.2, -0.15) is 25.3 Å². The van der Waals surface area contributed by atoms with E-state index in [9.17, 15) is 66.1 Å². The molecule has 0 unspecified atom stereocenters. The van der Waals surface area contributed by atoms with Crippen LogP contribution in [0.25, 0.3) is 0 Å². The van der Waals surface area contributed by atoms with Crippen molar-refractivity contribution in [1.82, 2.24) is 0 Å². The fourth-order valence-electron chi connectivity index (χ4n) is 4.48. The van der Waals surface area contributed by atoms with Crippen LogP contribution in [0.3, 0.4) is 0 Å². The molecule has 15 atom stereocenters. The second-order valence-electron chi connectivity index (χ2n) is 9.92. The average Bonchev–Trinajstić information content (AvgIpc) is 2.93. The quantitative estimate of drug-likeness (QED) is 0.0780. The van der Waals surface area contributed by atoms with Crippen LogP contribution in [-0.4, -0.2) is 192 Å². The Kier molecular flexibility index (Phi) is 13.2. The van der Waals surface area contributed by atoms with Crippen molar-refractivity contribution in [2.24, 2.45) is 0 Å². The Morgan fingerprint density at radius 1 is 0.435 bits per heavy atom. The highest BCUT2D eigenvalue weighted by molar-refractivity contribution is 7.81. The van der Waals surface area contributed by atoms with E-state index in [2.05, 4.69) is 12.5 Å². The number of aliphatic hydroxyl groups is 8. The fraction of sp³-hybridized carbons (Fsp3) is 1.00. The zero-order valence-electron chi connectivity index (χ0n) is 22.6. The van der Waals surface area contributed by atoms with Crippen LogP contribution >= 0.6 is 0 Å². The summed E-state index contributed by atoms with van der Waals surface area (Å²) >= 11 is 0. The molecule has 3 aliphatic rings. The Morgan fingerprint density at radius 2 is 0.783 bits per heavy atom. The number of hydrogen-bond acceptors (Lipinski definition) is 22. The molecule has 28 heteroatoms. The van der Waals surface area contributed by atoms with Crippen LogP contribution in [0.4, 0.5) is 0 Å². The van der Waals surface area contributed by atoms with Gasteiger partial charge in [0.2, 0.25) is 0 Å². The van der Waals surface area contributed by atoms with E-state index in [1.54, 1.807) is 0 Å². The molecular weight excluding hydrogens is 712 g/mol. The van der Waals surface area contributed by atoms with Gasteiger partial charge in [0.25, 0.3) is 0 Å². The van der Waals surface area contributed by atoms with Crippen LogP contribution < -0.4 is 0 Å². The van der Waals surface area contributed by atoms with E-state index in [1.807, 2.05) is 0 Å². The molecule has 3 aliphatic heterocycles. The first-order valence-corrected chi connectivity index (χ1v) is 16.7. The highest BCUT2D eigenvalue weighted by atomic mass is 32.3. The number of rotatable bonds is 13. The van der Waals surface area contributed by atoms with Gasteiger partial charge in [-0.05, 0) is 0 Å². The minimum Gasteiger partial charge on any atom is -0.387 e. The minimum absolute atomic E-state index is 1.16. The summed E-state index contributed by atoms with van der Waals surface area (Å²) in [6, 6.07) is 0. The lowest BCUT2D eigenvalue weighted by Gasteiger charge is -2.48. The van der Waals surface area contributed by atoms with Crippen LogP contribution in [0.1, 0.15) is 0 Å². The molecule has 3 saturated heterocycles. The van der Waals surface area contributed by atoms with E-state index in [4.69, 9.17) is 37.3 Å². The summed E-state index contributed by atoms with van der Waals surface area (Å²) in [4.78, 5) is 0. The molecule has 3 heterocycles. The summed E-state index contributed by atoms with van der Waals surface area (Å²) in [5, 5.41) is 82.5. The first-order chi connectivity index (χ1) is 21.0. The van der Waals surface area contributed by atoms with Gasteiger partial charge in [-0.1, -0.05) is 0 Å². The third kappa shape index (κ3) is 10.5. The van der Waals surface area contributed by atoms with Gasteiger partial charge >= 0.3 is 31.2 Å². The van der Waals surface area contributed by atoms with Crippen LogP contribution in [0.5, 0.6) is 0 Å².